The van der Waals surface area contributed by atoms with Gasteiger partial charge in [0.1, 0.15) is 5.75 Å². The van der Waals surface area contributed by atoms with Crippen molar-refractivity contribution in [3.63, 3.8) is 0 Å². The Labute approximate surface area is 164 Å². The molecule has 0 N–H and O–H groups in total. The number of fused-ring (bicyclic) bond motifs is 2. The van der Waals surface area contributed by atoms with Crippen molar-refractivity contribution in [1.82, 2.24) is 9.21 Å². The van der Waals surface area contributed by atoms with Crippen molar-refractivity contribution in [3.05, 3.63) is 24.3 Å². The summed E-state index contributed by atoms with van der Waals surface area (Å²) in [7, 11) is -3.64. The van der Waals surface area contributed by atoms with Crippen LogP contribution in [0.15, 0.2) is 29.2 Å². The molecule has 0 amide bonds. The molecule has 0 aliphatic carbocycles. The first kappa shape index (κ1) is 20.0. The largest absolute Gasteiger partial charge is 0.435 e. The summed E-state index contributed by atoms with van der Waals surface area (Å²) >= 11 is 0. The van der Waals surface area contributed by atoms with Gasteiger partial charge in [-0.2, -0.15) is 13.1 Å². The molecule has 6 nitrogen and oxygen atoms in total. The summed E-state index contributed by atoms with van der Waals surface area (Å²) in [6.45, 7) is 1.51. The summed E-state index contributed by atoms with van der Waals surface area (Å²) in [5.74, 6) is 0.463. The molecule has 3 aliphatic heterocycles. The smallest absolute Gasteiger partial charge is 0.387 e. The minimum atomic E-state index is -3.64. The van der Waals surface area contributed by atoms with E-state index in [1.807, 2.05) is 0 Å². The van der Waals surface area contributed by atoms with Crippen molar-refractivity contribution in [2.24, 2.45) is 5.92 Å². The molecule has 1 aromatic carbocycles. The van der Waals surface area contributed by atoms with Gasteiger partial charge in [-0.3, -0.25) is 4.90 Å². The number of halogens is 2. The van der Waals surface area contributed by atoms with Gasteiger partial charge >= 0.3 is 6.61 Å². The van der Waals surface area contributed by atoms with Crippen LogP contribution in [0.4, 0.5) is 8.78 Å². The highest BCUT2D eigenvalue weighted by atomic mass is 32.2. The van der Waals surface area contributed by atoms with Gasteiger partial charge in [0, 0.05) is 31.7 Å². The van der Waals surface area contributed by atoms with E-state index in [1.54, 1.807) is 4.31 Å². The highest BCUT2D eigenvalue weighted by Gasteiger charge is 2.47. The van der Waals surface area contributed by atoms with E-state index in [2.05, 4.69) is 9.64 Å². The second-order valence-electron chi connectivity index (χ2n) is 7.82. The van der Waals surface area contributed by atoms with Crippen LogP contribution in [-0.2, 0) is 14.8 Å². The third-order valence-corrected chi connectivity index (χ3v) is 8.03. The fraction of sp³-hybridized carbons (Fsp3) is 0.684. The molecule has 28 heavy (non-hydrogen) atoms. The number of hydrogen-bond acceptors (Lipinski definition) is 5. The van der Waals surface area contributed by atoms with E-state index in [4.69, 9.17) is 4.74 Å². The van der Waals surface area contributed by atoms with Crippen molar-refractivity contribution in [3.8, 4) is 5.75 Å². The molecule has 1 aromatic rings. The van der Waals surface area contributed by atoms with Gasteiger partial charge in [0.15, 0.2) is 0 Å². The lowest BCUT2D eigenvalue weighted by Gasteiger charge is -2.40. The molecule has 3 aliphatic rings. The van der Waals surface area contributed by atoms with Crippen LogP contribution >= 0.6 is 0 Å². The molecule has 3 fully saturated rings. The molecule has 3 saturated heterocycles. The summed E-state index contributed by atoms with van der Waals surface area (Å²) in [5, 5.41) is 0. The number of morpholine rings is 1. The Morgan fingerprint density at radius 1 is 1.07 bits per heavy atom. The number of alkyl halides is 2. The Hall–Kier alpha value is -1.29. The molecule has 156 valence electrons. The van der Waals surface area contributed by atoms with E-state index in [0.717, 1.165) is 58.5 Å². The van der Waals surface area contributed by atoms with E-state index in [1.165, 1.54) is 24.3 Å². The Morgan fingerprint density at radius 2 is 1.68 bits per heavy atom. The Balaban J connectivity index is 1.44. The molecule has 2 bridgehead atoms. The summed E-state index contributed by atoms with van der Waals surface area (Å²) in [6, 6.07) is 5.32. The third kappa shape index (κ3) is 4.17. The predicted molar refractivity (Wildman–Crippen MR) is 98.9 cm³/mol. The van der Waals surface area contributed by atoms with E-state index >= 15 is 0 Å². The lowest BCUT2D eigenvalue weighted by atomic mass is 9.92. The van der Waals surface area contributed by atoms with Gasteiger partial charge in [0.25, 0.3) is 0 Å². The van der Waals surface area contributed by atoms with Gasteiger partial charge in [-0.15, -0.1) is 0 Å². The number of sulfonamides is 1. The van der Waals surface area contributed by atoms with E-state index in [9.17, 15) is 17.2 Å². The summed E-state index contributed by atoms with van der Waals surface area (Å²) in [4.78, 5) is 2.55. The van der Waals surface area contributed by atoms with Crippen molar-refractivity contribution in [2.45, 2.75) is 49.3 Å². The number of ether oxygens (including phenoxy) is 2. The maximum atomic E-state index is 13.2. The molecular formula is C19H26F2N2O4S. The topological polar surface area (TPSA) is 59.1 Å². The predicted octanol–water partition coefficient (Wildman–Crippen LogP) is 2.55. The molecule has 0 spiro atoms. The molecule has 3 heterocycles. The van der Waals surface area contributed by atoms with Crippen LogP contribution in [0.25, 0.3) is 0 Å². The lowest BCUT2D eigenvalue weighted by Crippen LogP contribution is -2.49. The number of piperidine rings is 1. The molecule has 9 heteroatoms. The first-order chi connectivity index (χ1) is 13.4. The van der Waals surface area contributed by atoms with Gasteiger partial charge in [0.05, 0.1) is 18.1 Å². The maximum Gasteiger partial charge on any atom is 0.387 e. The Bertz CT molecular complexity index is 755. The van der Waals surface area contributed by atoms with Gasteiger partial charge in [-0.25, -0.2) is 8.42 Å². The molecular weight excluding hydrogens is 390 g/mol. The Morgan fingerprint density at radius 3 is 2.25 bits per heavy atom. The monoisotopic (exact) mass is 416 g/mol. The van der Waals surface area contributed by atoms with E-state index in [-0.39, 0.29) is 22.7 Å². The van der Waals surface area contributed by atoms with Gasteiger partial charge in [-0.1, -0.05) is 0 Å². The second kappa shape index (κ2) is 8.22. The average Bonchev–Trinajstić information content (AvgIpc) is 2.95. The van der Waals surface area contributed by atoms with Crippen LogP contribution in [0, 0.1) is 5.92 Å². The maximum absolute atomic E-state index is 13.2. The van der Waals surface area contributed by atoms with E-state index in [0.29, 0.717) is 5.92 Å². The summed E-state index contributed by atoms with van der Waals surface area (Å²) in [5.41, 5.74) is 0. The van der Waals surface area contributed by atoms with Crippen molar-refractivity contribution >= 4 is 10.0 Å². The van der Waals surface area contributed by atoms with Crippen LogP contribution in [0.1, 0.15) is 25.7 Å². The molecule has 0 radical (unpaired) electrons. The highest BCUT2D eigenvalue weighted by Crippen LogP contribution is 2.42. The molecule has 0 saturated carbocycles. The van der Waals surface area contributed by atoms with Gasteiger partial charge in [0.2, 0.25) is 10.0 Å². The van der Waals surface area contributed by atoms with Crippen molar-refractivity contribution in [2.75, 3.05) is 32.8 Å². The molecule has 2 unspecified atom stereocenters. The first-order valence-electron chi connectivity index (χ1n) is 9.82. The van der Waals surface area contributed by atoms with Crippen LogP contribution in [0.5, 0.6) is 5.75 Å². The summed E-state index contributed by atoms with van der Waals surface area (Å²) in [6.07, 6.45) is 3.52. The van der Waals surface area contributed by atoms with Gasteiger partial charge < -0.3 is 9.47 Å². The number of hydrogen-bond donors (Lipinski definition) is 0. The number of rotatable bonds is 6. The van der Waals surface area contributed by atoms with Crippen LogP contribution in [-0.4, -0.2) is 69.2 Å². The van der Waals surface area contributed by atoms with E-state index < -0.39 is 16.6 Å². The van der Waals surface area contributed by atoms with Crippen LogP contribution in [0.2, 0.25) is 0 Å². The van der Waals surface area contributed by atoms with Crippen molar-refractivity contribution < 1.29 is 26.7 Å². The zero-order valence-electron chi connectivity index (χ0n) is 15.7. The minimum Gasteiger partial charge on any atom is -0.435 e. The average molecular weight is 416 g/mol. The normalized spacial score (nSPS) is 29.3. The second-order valence-corrected chi connectivity index (χ2v) is 9.66. The quantitative estimate of drug-likeness (QED) is 0.713. The zero-order valence-corrected chi connectivity index (χ0v) is 16.5. The fourth-order valence-corrected chi connectivity index (χ4v) is 6.74. The third-order valence-electron chi connectivity index (χ3n) is 6.01. The minimum absolute atomic E-state index is 0.0202. The van der Waals surface area contributed by atoms with Gasteiger partial charge in [-0.05, 0) is 55.9 Å². The fourth-order valence-electron chi connectivity index (χ4n) is 4.85. The van der Waals surface area contributed by atoms with Crippen LogP contribution < -0.4 is 4.74 Å². The summed E-state index contributed by atoms with van der Waals surface area (Å²) < 4.78 is 62.4. The number of nitrogens with zero attached hydrogens (tertiary/aromatic N) is 2. The van der Waals surface area contributed by atoms with Crippen molar-refractivity contribution in [1.29, 1.82) is 0 Å². The Kier molecular flexibility index (Phi) is 5.87. The molecule has 0 aromatic heterocycles. The first-order valence-corrected chi connectivity index (χ1v) is 11.3. The zero-order chi connectivity index (χ0) is 19.7. The molecule has 2 atom stereocenters. The van der Waals surface area contributed by atoms with Crippen LogP contribution in [0.3, 0.4) is 0 Å². The lowest BCUT2D eigenvalue weighted by molar-refractivity contribution is -0.0498. The molecule has 4 rings (SSSR count). The standard InChI is InChI=1S/C19H26F2N2O4S/c20-19(21)27-17-3-5-18(6-4-17)28(24,25)23-15-1-2-16(23)12-14(11-15)13-22-7-9-26-10-8-22/h3-6,14-16,19H,1-2,7-13H2. The SMILES string of the molecule is O=S(=O)(c1ccc(OC(F)F)cc1)N1C2CCC1CC(CN1CCOCC1)C2. The number of benzene rings is 1. The highest BCUT2D eigenvalue weighted by molar-refractivity contribution is 7.89.